The Morgan fingerprint density at radius 2 is 1.48 bits per heavy atom. The first-order valence-corrected chi connectivity index (χ1v) is 8.88. The van der Waals surface area contributed by atoms with Gasteiger partial charge in [-0.25, -0.2) is 0 Å². The van der Waals surface area contributed by atoms with Crippen molar-refractivity contribution in [2.45, 2.75) is 39.7 Å². The van der Waals surface area contributed by atoms with E-state index in [-0.39, 0.29) is 6.04 Å². The van der Waals surface area contributed by atoms with E-state index < -0.39 is 0 Å². The van der Waals surface area contributed by atoms with E-state index in [1.807, 2.05) is 0 Å². The average Bonchev–Trinajstić information content (AvgIpc) is 2.53. The lowest BCUT2D eigenvalue weighted by Gasteiger charge is -2.21. The van der Waals surface area contributed by atoms with E-state index in [9.17, 15) is 0 Å². The van der Waals surface area contributed by atoms with Crippen molar-refractivity contribution in [3.05, 3.63) is 68.3 Å². The molecule has 0 fully saturated rings. The molecule has 0 radical (unpaired) electrons. The van der Waals surface area contributed by atoms with Gasteiger partial charge in [-0.1, -0.05) is 51.1 Å². The summed E-state index contributed by atoms with van der Waals surface area (Å²) in [5.41, 5.74) is 5.65. The second-order valence-corrected chi connectivity index (χ2v) is 6.52. The molecule has 1 N–H and O–H groups in total. The van der Waals surface area contributed by atoms with Crippen molar-refractivity contribution in [3.8, 4) is 0 Å². The second-order valence-electron chi connectivity index (χ2n) is 5.28. The quantitative estimate of drug-likeness (QED) is 0.673. The molecule has 2 aromatic rings. The molecule has 0 amide bonds. The van der Waals surface area contributed by atoms with E-state index in [0.717, 1.165) is 19.4 Å². The largest absolute Gasteiger partial charge is 0.307 e. The van der Waals surface area contributed by atoms with Gasteiger partial charge in [0, 0.05) is 3.57 Å². The third-order valence-electron chi connectivity index (χ3n) is 3.94. The minimum Gasteiger partial charge on any atom is -0.307 e. The lowest BCUT2D eigenvalue weighted by atomic mass is 9.93. The van der Waals surface area contributed by atoms with Crippen molar-refractivity contribution < 1.29 is 0 Å². The van der Waals surface area contributed by atoms with Crippen LogP contribution >= 0.6 is 22.6 Å². The standard InChI is InChI=1S/C19H24IN/c1-4-14-7-8-17(13-15(14)5-2)19(21-6-3)16-9-11-18(20)12-10-16/h7-13,19,21H,4-6H2,1-3H3. The predicted octanol–water partition coefficient (Wildman–Crippen LogP) is 5.11. The van der Waals surface area contributed by atoms with Crippen molar-refractivity contribution in [3.63, 3.8) is 0 Å². The molecule has 2 aromatic carbocycles. The van der Waals surface area contributed by atoms with Crippen LogP contribution < -0.4 is 5.32 Å². The first-order chi connectivity index (χ1) is 10.2. The van der Waals surface area contributed by atoms with E-state index in [4.69, 9.17) is 0 Å². The number of halogens is 1. The molecule has 0 aromatic heterocycles. The zero-order chi connectivity index (χ0) is 15.2. The number of aryl methyl sites for hydroxylation is 2. The fourth-order valence-corrected chi connectivity index (χ4v) is 3.15. The predicted molar refractivity (Wildman–Crippen MR) is 99.9 cm³/mol. The molecule has 0 saturated heterocycles. The first kappa shape index (κ1) is 16.5. The Balaban J connectivity index is 2.40. The van der Waals surface area contributed by atoms with E-state index >= 15 is 0 Å². The molecule has 112 valence electrons. The topological polar surface area (TPSA) is 12.0 Å². The van der Waals surface area contributed by atoms with Crippen LogP contribution in [0.3, 0.4) is 0 Å². The summed E-state index contributed by atoms with van der Waals surface area (Å²) in [7, 11) is 0. The molecule has 0 spiro atoms. The van der Waals surface area contributed by atoms with Crippen LogP contribution in [0.15, 0.2) is 42.5 Å². The smallest absolute Gasteiger partial charge is 0.0576 e. The van der Waals surface area contributed by atoms with E-state index in [2.05, 4.69) is 91.1 Å². The number of hydrogen-bond donors (Lipinski definition) is 1. The summed E-state index contributed by atoms with van der Waals surface area (Å²) < 4.78 is 1.28. The minimum absolute atomic E-state index is 0.281. The highest BCUT2D eigenvalue weighted by atomic mass is 127. The summed E-state index contributed by atoms with van der Waals surface area (Å²) in [6, 6.07) is 16.1. The van der Waals surface area contributed by atoms with Crippen LogP contribution in [0.5, 0.6) is 0 Å². The number of benzene rings is 2. The highest BCUT2D eigenvalue weighted by molar-refractivity contribution is 14.1. The molecule has 1 nitrogen and oxygen atoms in total. The van der Waals surface area contributed by atoms with Crippen LogP contribution in [-0.2, 0) is 12.8 Å². The van der Waals surface area contributed by atoms with Crippen molar-refractivity contribution in [2.75, 3.05) is 6.54 Å². The molecule has 0 aliphatic heterocycles. The van der Waals surface area contributed by atoms with Gasteiger partial charge in [-0.2, -0.15) is 0 Å². The SMILES string of the molecule is CCNC(c1ccc(I)cc1)c1ccc(CC)c(CC)c1. The lowest BCUT2D eigenvalue weighted by Crippen LogP contribution is -2.22. The molecule has 0 aliphatic carbocycles. The van der Waals surface area contributed by atoms with Crippen LogP contribution in [0.4, 0.5) is 0 Å². The van der Waals surface area contributed by atoms with Crippen LogP contribution in [-0.4, -0.2) is 6.54 Å². The van der Waals surface area contributed by atoms with Gasteiger partial charge in [0.25, 0.3) is 0 Å². The summed E-state index contributed by atoms with van der Waals surface area (Å²) in [5.74, 6) is 0. The molecule has 2 rings (SSSR count). The Bertz CT molecular complexity index is 575. The Kier molecular flexibility index (Phi) is 6.24. The van der Waals surface area contributed by atoms with Crippen molar-refractivity contribution >= 4 is 22.6 Å². The summed E-state index contributed by atoms with van der Waals surface area (Å²) in [5, 5.41) is 3.62. The van der Waals surface area contributed by atoms with Gasteiger partial charge in [-0.15, -0.1) is 0 Å². The monoisotopic (exact) mass is 393 g/mol. The van der Waals surface area contributed by atoms with Gasteiger partial charge in [-0.3, -0.25) is 0 Å². The Morgan fingerprint density at radius 1 is 0.857 bits per heavy atom. The third kappa shape index (κ3) is 4.07. The molecule has 0 heterocycles. The van der Waals surface area contributed by atoms with Gasteiger partial charge >= 0.3 is 0 Å². The number of rotatable bonds is 6. The normalized spacial score (nSPS) is 12.4. The highest BCUT2D eigenvalue weighted by Crippen LogP contribution is 2.25. The van der Waals surface area contributed by atoms with Crippen molar-refractivity contribution in [2.24, 2.45) is 0 Å². The van der Waals surface area contributed by atoms with Gasteiger partial charge in [-0.05, 0) is 76.4 Å². The fourth-order valence-electron chi connectivity index (χ4n) is 2.79. The molecule has 1 atom stereocenters. The van der Waals surface area contributed by atoms with Crippen LogP contribution in [0.1, 0.15) is 49.1 Å². The van der Waals surface area contributed by atoms with Crippen molar-refractivity contribution in [1.82, 2.24) is 5.32 Å². The van der Waals surface area contributed by atoms with Gasteiger partial charge in [0.1, 0.15) is 0 Å². The van der Waals surface area contributed by atoms with Crippen molar-refractivity contribution in [1.29, 1.82) is 0 Å². The summed E-state index contributed by atoms with van der Waals surface area (Å²) >= 11 is 2.36. The molecule has 0 bridgehead atoms. The first-order valence-electron chi connectivity index (χ1n) is 7.80. The molecular formula is C19H24IN. The highest BCUT2D eigenvalue weighted by Gasteiger charge is 2.14. The van der Waals surface area contributed by atoms with Gasteiger partial charge in [0.15, 0.2) is 0 Å². The maximum absolute atomic E-state index is 3.62. The average molecular weight is 393 g/mol. The maximum Gasteiger partial charge on any atom is 0.0576 e. The zero-order valence-electron chi connectivity index (χ0n) is 13.1. The maximum atomic E-state index is 3.62. The summed E-state index contributed by atoms with van der Waals surface area (Å²) in [4.78, 5) is 0. The van der Waals surface area contributed by atoms with Gasteiger partial charge in [0.2, 0.25) is 0 Å². The molecule has 1 unspecified atom stereocenters. The zero-order valence-corrected chi connectivity index (χ0v) is 15.3. The lowest BCUT2D eigenvalue weighted by molar-refractivity contribution is 0.629. The van der Waals surface area contributed by atoms with E-state index in [0.29, 0.717) is 0 Å². The Hall–Kier alpha value is -0.870. The van der Waals surface area contributed by atoms with Crippen LogP contribution in [0.25, 0.3) is 0 Å². The second kappa shape index (κ2) is 7.95. The molecular weight excluding hydrogens is 369 g/mol. The summed E-state index contributed by atoms with van der Waals surface area (Å²) in [6.07, 6.45) is 2.21. The van der Waals surface area contributed by atoms with Gasteiger partial charge < -0.3 is 5.32 Å². The molecule has 0 aliphatic rings. The summed E-state index contributed by atoms with van der Waals surface area (Å²) in [6.45, 7) is 7.61. The molecule has 2 heteroatoms. The van der Waals surface area contributed by atoms with Crippen LogP contribution in [0.2, 0.25) is 0 Å². The third-order valence-corrected chi connectivity index (χ3v) is 4.66. The minimum atomic E-state index is 0.281. The molecule has 0 saturated carbocycles. The van der Waals surface area contributed by atoms with E-state index in [1.165, 1.54) is 25.8 Å². The fraction of sp³-hybridized carbons (Fsp3) is 0.368. The Morgan fingerprint density at radius 3 is 2.05 bits per heavy atom. The Labute approximate surface area is 142 Å². The van der Waals surface area contributed by atoms with E-state index in [1.54, 1.807) is 0 Å². The molecule has 21 heavy (non-hydrogen) atoms. The number of nitrogens with one attached hydrogen (secondary N) is 1. The van der Waals surface area contributed by atoms with Gasteiger partial charge in [0.05, 0.1) is 6.04 Å². The van der Waals surface area contributed by atoms with Crippen LogP contribution in [0, 0.1) is 3.57 Å². The number of hydrogen-bond acceptors (Lipinski definition) is 1.